The zero-order valence-corrected chi connectivity index (χ0v) is 10.2. The van der Waals surface area contributed by atoms with Crippen molar-refractivity contribution >= 4 is 0 Å². The van der Waals surface area contributed by atoms with Crippen LogP contribution in [0.25, 0.3) is 0 Å². The molecule has 0 bridgehead atoms. The third kappa shape index (κ3) is 2.59. The molecule has 5 heteroatoms. The van der Waals surface area contributed by atoms with E-state index in [1.54, 1.807) is 0 Å². The fraction of sp³-hybridized carbons (Fsp3) is 0.818. The van der Waals surface area contributed by atoms with E-state index < -0.39 is 0 Å². The molecule has 0 aromatic carbocycles. The first-order chi connectivity index (χ1) is 7.66. The Labute approximate surface area is 96.2 Å². The lowest BCUT2D eigenvalue weighted by Gasteiger charge is -2.32. The van der Waals surface area contributed by atoms with E-state index in [9.17, 15) is 0 Å². The van der Waals surface area contributed by atoms with E-state index in [1.165, 1.54) is 0 Å². The normalized spacial score (nSPS) is 22.9. The third-order valence-corrected chi connectivity index (χ3v) is 2.96. The first-order valence-electron chi connectivity index (χ1n) is 5.94. The van der Waals surface area contributed by atoms with Crippen molar-refractivity contribution in [3.63, 3.8) is 0 Å². The van der Waals surface area contributed by atoms with E-state index in [4.69, 9.17) is 4.52 Å². The first-order valence-corrected chi connectivity index (χ1v) is 5.94. The fourth-order valence-electron chi connectivity index (χ4n) is 1.87. The Kier molecular flexibility index (Phi) is 3.56. The molecule has 1 aliphatic rings. The van der Waals surface area contributed by atoms with Crippen LogP contribution in [-0.4, -0.2) is 40.7 Å². The standard InChI is InChI=1S/C11H20N4O/c1-8(2)11-13-10(14-16-11)7-15-5-4-12-6-9(15)3/h8-9,12H,4-7H2,1-3H3/t9-/m1/s1. The minimum Gasteiger partial charge on any atom is -0.339 e. The molecule has 2 heterocycles. The second-order valence-corrected chi connectivity index (χ2v) is 4.73. The Morgan fingerprint density at radius 2 is 2.38 bits per heavy atom. The largest absolute Gasteiger partial charge is 0.339 e. The van der Waals surface area contributed by atoms with E-state index in [-0.39, 0.29) is 0 Å². The number of aromatic nitrogens is 2. The van der Waals surface area contributed by atoms with Gasteiger partial charge in [0, 0.05) is 31.6 Å². The molecule has 1 saturated heterocycles. The number of piperazine rings is 1. The minimum absolute atomic E-state index is 0.307. The summed E-state index contributed by atoms with van der Waals surface area (Å²) < 4.78 is 5.20. The molecule has 16 heavy (non-hydrogen) atoms. The van der Waals surface area contributed by atoms with Crippen molar-refractivity contribution in [3.8, 4) is 0 Å². The molecule has 1 fully saturated rings. The van der Waals surface area contributed by atoms with Crippen LogP contribution in [0.15, 0.2) is 4.52 Å². The average molecular weight is 224 g/mol. The highest BCUT2D eigenvalue weighted by atomic mass is 16.5. The van der Waals surface area contributed by atoms with Crippen LogP contribution < -0.4 is 5.32 Å². The molecule has 1 aromatic heterocycles. The van der Waals surface area contributed by atoms with Gasteiger partial charge < -0.3 is 9.84 Å². The van der Waals surface area contributed by atoms with Crippen LogP contribution in [0.2, 0.25) is 0 Å². The van der Waals surface area contributed by atoms with Gasteiger partial charge in [-0.15, -0.1) is 0 Å². The maximum atomic E-state index is 5.20. The molecule has 0 radical (unpaired) electrons. The topological polar surface area (TPSA) is 54.2 Å². The van der Waals surface area contributed by atoms with Gasteiger partial charge in [0.05, 0.1) is 6.54 Å². The summed E-state index contributed by atoms with van der Waals surface area (Å²) in [6.45, 7) is 10.3. The van der Waals surface area contributed by atoms with Crippen molar-refractivity contribution < 1.29 is 4.52 Å². The van der Waals surface area contributed by atoms with Gasteiger partial charge >= 0.3 is 0 Å². The molecule has 0 aliphatic carbocycles. The van der Waals surface area contributed by atoms with E-state index in [1.807, 2.05) is 0 Å². The summed E-state index contributed by atoms with van der Waals surface area (Å²) in [5, 5.41) is 7.39. The molecule has 1 aliphatic heterocycles. The second-order valence-electron chi connectivity index (χ2n) is 4.73. The van der Waals surface area contributed by atoms with Crippen LogP contribution in [0, 0.1) is 0 Å². The van der Waals surface area contributed by atoms with Crippen molar-refractivity contribution in [3.05, 3.63) is 11.7 Å². The summed E-state index contributed by atoms with van der Waals surface area (Å²) in [5.74, 6) is 1.84. The molecular weight excluding hydrogens is 204 g/mol. The predicted octanol–water partition coefficient (Wildman–Crippen LogP) is 0.987. The van der Waals surface area contributed by atoms with E-state index in [0.717, 1.165) is 37.9 Å². The van der Waals surface area contributed by atoms with Gasteiger partial charge in [0.25, 0.3) is 0 Å². The van der Waals surface area contributed by atoms with Gasteiger partial charge in [-0.3, -0.25) is 4.90 Å². The van der Waals surface area contributed by atoms with Crippen LogP contribution in [0.3, 0.4) is 0 Å². The van der Waals surface area contributed by atoms with Gasteiger partial charge in [-0.2, -0.15) is 4.98 Å². The third-order valence-electron chi connectivity index (χ3n) is 2.96. The van der Waals surface area contributed by atoms with Crippen LogP contribution in [0.1, 0.15) is 38.4 Å². The molecule has 2 rings (SSSR count). The molecule has 0 saturated carbocycles. The molecule has 1 atom stereocenters. The van der Waals surface area contributed by atoms with Crippen LogP contribution in [0.4, 0.5) is 0 Å². The number of hydrogen-bond acceptors (Lipinski definition) is 5. The van der Waals surface area contributed by atoms with Crippen molar-refractivity contribution in [2.24, 2.45) is 0 Å². The summed E-state index contributed by atoms with van der Waals surface area (Å²) in [6, 6.07) is 0.537. The van der Waals surface area contributed by atoms with Crippen molar-refractivity contribution in [2.75, 3.05) is 19.6 Å². The molecule has 1 aromatic rings. The zero-order valence-electron chi connectivity index (χ0n) is 10.2. The number of hydrogen-bond donors (Lipinski definition) is 1. The van der Waals surface area contributed by atoms with Gasteiger partial charge in [0.15, 0.2) is 5.82 Å². The summed E-state index contributed by atoms with van der Waals surface area (Å²) in [5.41, 5.74) is 0. The molecule has 0 amide bonds. The lowest BCUT2D eigenvalue weighted by atomic mass is 10.2. The van der Waals surface area contributed by atoms with E-state index in [2.05, 4.69) is 41.1 Å². The number of rotatable bonds is 3. The molecule has 1 N–H and O–H groups in total. The van der Waals surface area contributed by atoms with E-state index >= 15 is 0 Å². The molecule has 0 spiro atoms. The Hall–Kier alpha value is -0.940. The summed E-state index contributed by atoms with van der Waals surface area (Å²) >= 11 is 0. The Morgan fingerprint density at radius 1 is 1.56 bits per heavy atom. The Morgan fingerprint density at radius 3 is 3.00 bits per heavy atom. The predicted molar refractivity (Wildman–Crippen MR) is 61.1 cm³/mol. The zero-order chi connectivity index (χ0) is 11.5. The summed E-state index contributed by atoms with van der Waals surface area (Å²) in [6.07, 6.45) is 0. The fourth-order valence-corrected chi connectivity index (χ4v) is 1.87. The van der Waals surface area contributed by atoms with Crippen LogP contribution in [0.5, 0.6) is 0 Å². The SMILES string of the molecule is CC(C)c1nc(CN2CCNC[C@H]2C)no1. The first kappa shape index (κ1) is 11.5. The van der Waals surface area contributed by atoms with Gasteiger partial charge in [-0.05, 0) is 6.92 Å². The van der Waals surface area contributed by atoms with Gasteiger partial charge in [-0.1, -0.05) is 19.0 Å². The number of nitrogens with one attached hydrogen (secondary N) is 1. The maximum Gasteiger partial charge on any atom is 0.229 e. The highest BCUT2D eigenvalue weighted by Crippen LogP contribution is 2.13. The van der Waals surface area contributed by atoms with Gasteiger partial charge in [0.2, 0.25) is 5.89 Å². The van der Waals surface area contributed by atoms with Gasteiger partial charge in [-0.25, -0.2) is 0 Å². The van der Waals surface area contributed by atoms with Crippen molar-refractivity contribution in [1.82, 2.24) is 20.4 Å². The smallest absolute Gasteiger partial charge is 0.229 e. The molecule has 0 unspecified atom stereocenters. The van der Waals surface area contributed by atoms with E-state index in [0.29, 0.717) is 12.0 Å². The van der Waals surface area contributed by atoms with Crippen LogP contribution >= 0.6 is 0 Å². The molecule has 5 nitrogen and oxygen atoms in total. The lowest BCUT2D eigenvalue weighted by molar-refractivity contribution is 0.160. The monoisotopic (exact) mass is 224 g/mol. The average Bonchev–Trinajstić information content (AvgIpc) is 2.70. The minimum atomic E-state index is 0.307. The lowest BCUT2D eigenvalue weighted by Crippen LogP contribution is -2.49. The van der Waals surface area contributed by atoms with Crippen molar-refractivity contribution in [1.29, 1.82) is 0 Å². The quantitative estimate of drug-likeness (QED) is 0.829. The Balaban J connectivity index is 1.97. The number of nitrogens with zero attached hydrogens (tertiary/aromatic N) is 3. The van der Waals surface area contributed by atoms with Gasteiger partial charge in [0.1, 0.15) is 0 Å². The second kappa shape index (κ2) is 4.93. The van der Waals surface area contributed by atoms with Crippen molar-refractivity contribution in [2.45, 2.75) is 39.3 Å². The highest BCUT2D eigenvalue weighted by Gasteiger charge is 2.20. The Bertz CT molecular complexity index is 336. The van der Waals surface area contributed by atoms with Crippen LogP contribution in [-0.2, 0) is 6.54 Å². The molecule has 90 valence electrons. The summed E-state index contributed by atoms with van der Waals surface area (Å²) in [4.78, 5) is 6.78. The highest BCUT2D eigenvalue weighted by molar-refractivity contribution is 4.92. The molecular formula is C11H20N4O. The summed E-state index contributed by atoms with van der Waals surface area (Å²) in [7, 11) is 0. The maximum absolute atomic E-state index is 5.20.